The lowest BCUT2D eigenvalue weighted by Gasteiger charge is -2.29. The minimum absolute atomic E-state index is 0.0769. The van der Waals surface area contributed by atoms with Crippen LogP contribution in [0.2, 0.25) is 0 Å². The highest BCUT2D eigenvalue weighted by Gasteiger charge is 2.17. The Morgan fingerprint density at radius 2 is 1.69 bits per heavy atom. The highest BCUT2D eigenvalue weighted by Crippen LogP contribution is 2.23. The largest absolute Gasteiger partial charge is 0.359 e. The second kappa shape index (κ2) is 7.05. The van der Waals surface area contributed by atoms with Crippen molar-refractivity contribution >= 4 is 15.9 Å². The van der Waals surface area contributed by atoms with Crippen LogP contribution in [0.3, 0.4) is 0 Å². The zero-order chi connectivity index (χ0) is 12.0. The van der Waals surface area contributed by atoms with E-state index in [1.54, 1.807) is 0 Å². The fraction of sp³-hybridized carbons (Fsp3) is 0.538. The highest BCUT2D eigenvalue weighted by atomic mass is 79.9. The molecule has 0 aliphatic carbocycles. The SMILES string of the molecule is CCOC(c1ccc(Br)cc1)N(CC)CC. The first kappa shape index (κ1) is 13.7. The lowest BCUT2D eigenvalue weighted by Crippen LogP contribution is -2.30. The predicted molar refractivity (Wildman–Crippen MR) is 71.4 cm³/mol. The van der Waals surface area contributed by atoms with E-state index in [4.69, 9.17) is 4.74 Å². The molecule has 1 aromatic rings. The lowest BCUT2D eigenvalue weighted by atomic mass is 10.2. The molecule has 90 valence electrons. The standard InChI is InChI=1S/C13H20BrNO/c1-4-15(5-2)13(16-6-3)11-7-9-12(14)10-8-11/h7-10,13H,4-6H2,1-3H3. The molecule has 1 unspecified atom stereocenters. The number of halogens is 1. The number of hydrogen-bond acceptors (Lipinski definition) is 2. The Morgan fingerprint density at radius 1 is 1.12 bits per heavy atom. The minimum Gasteiger partial charge on any atom is -0.359 e. The van der Waals surface area contributed by atoms with Gasteiger partial charge in [0.1, 0.15) is 6.23 Å². The number of rotatable bonds is 6. The Kier molecular flexibility index (Phi) is 6.03. The quantitative estimate of drug-likeness (QED) is 0.737. The van der Waals surface area contributed by atoms with Crippen LogP contribution >= 0.6 is 15.9 Å². The average molecular weight is 286 g/mol. The van der Waals surface area contributed by atoms with Crippen LogP contribution in [0, 0.1) is 0 Å². The van der Waals surface area contributed by atoms with Crippen LogP contribution in [0.15, 0.2) is 28.7 Å². The smallest absolute Gasteiger partial charge is 0.136 e. The van der Waals surface area contributed by atoms with E-state index in [0.717, 1.165) is 24.2 Å². The molecule has 0 radical (unpaired) electrons. The third-order valence-corrected chi connectivity index (χ3v) is 3.15. The molecule has 16 heavy (non-hydrogen) atoms. The maximum absolute atomic E-state index is 5.82. The monoisotopic (exact) mass is 285 g/mol. The summed E-state index contributed by atoms with van der Waals surface area (Å²) in [4.78, 5) is 2.31. The highest BCUT2D eigenvalue weighted by molar-refractivity contribution is 9.10. The lowest BCUT2D eigenvalue weighted by molar-refractivity contribution is -0.0530. The van der Waals surface area contributed by atoms with Gasteiger partial charge >= 0.3 is 0 Å². The summed E-state index contributed by atoms with van der Waals surface area (Å²) in [5.41, 5.74) is 1.22. The molecule has 1 rings (SSSR count). The van der Waals surface area contributed by atoms with Crippen molar-refractivity contribution in [2.24, 2.45) is 0 Å². The first-order valence-electron chi connectivity index (χ1n) is 5.84. The fourth-order valence-corrected chi connectivity index (χ4v) is 2.02. The summed E-state index contributed by atoms with van der Waals surface area (Å²) in [5.74, 6) is 0. The second-order valence-corrected chi connectivity index (χ2v) is 4.50. The van der Waals surface area contributed by atoms with Gasteiger partial charge in [-0.2, -0.15) is 0 Å². The van der Waals surface area contributed by atoms with Crippen molar-refractivity contribution in [3.05, 3.63) is 34.3 Å². The molecule has 0 aliphatic rings. The molecule has 0 aliphatic heterocycles. The number of hydrogen-bond donors (Lipinski definition) is 0. The summed E-state index contributed by atoms with van der Waals surface area (Å²) in [6, 6.07) is 8.35. The topological polar surface area (TPSA) is 12.5 Å². The maximum Gasteiger partial charge on any atom is 0.136 e. The van der Waals surface area contributed by atoms with Crippen LogP contribution in [-0.4, -0.2) is 24.6 Å². The zero-order valence-electron chi connectivity index (χ0n) is 10.2. The van der Waals surface area contributed by atoms with Crippen molar-refractivity contribution in [3.8, 4) is 0 Å². The maximum atomic E-state index is 5.82. The Hall–Kier alpha value is -0.380. The summed E-state index contributed by atoms with van der Waals surface area (Å²) >= 11 is 3.45. The Bertz CT molecular complexity index is 295. The molecule has 0 heterocycles. The molecule has 0 amide bonds. The van der Waals surface area contributed by atoms with Crippen LogP contribution in [0.1, 0.15) is 32.6 Å². The van der Waals surface area contributed by atoms with Gasteiger partial charge in [-0.25, -0.2) is 0 Å². The molecule has 0 fully saturated rings. The molecule has 0 spiro atoms. The number of ether oxygens (including phenoxy) is 1. The predicted octanol–water partition coefficient (Wildman–Crippen LogP) is 3.83. The first-order valence-corrected chi connectivity index (χ1v) is 6.63. The van der Waals surface area contributed by atoms with Gasteiger partial charge in [-0.05, 0) is 37.7 Å². The summed E-state index contributed by atoms with van der Waals surface area (Å²) < 4.78 is 6.93. The van der Waals surface area contributed by atoms with E-state index in [2.05, 4.69) is 58.9 Å². The fourth-order valence-electron chi connectivity index (χ4n) is 1.75. The summed E-state index contributed by atoms with van der Waals surface area (Å²) in [5, 5.41) is 0. The molecule has 1 aromatic carbocycles. The first-order chi connectivity index (χ1) is 7.72. The summed E-state index contributed by atoms with van der Waals surface area (Å²) in [7, 11) is 0. The molecule has 0 aromatic heterocycles. The van der Waals surface area contributed by atoms with Crippen LogP contribution in [0.5, 0.6) is 0 Å². The number of nitrogens with zero attached hydrogens (tertiary/aromatic N) is 1. The Labute approximate surface area is 107 Å². The van der Waals surface area contributed by atoms with Gasteiger partial charge in [0, 0.05) is 11.1 Å². The van der Waals surface area contributed by atoms with Crippen molar-refractivity contribution in [1.29, 1.82) is 0 Å². The normalized spacial score (nSPS) is 13.1. The van der Waals surface area contributed by atoms with Crippen molar-refractivity contribution < 1.29 is 4.74 Å². The van der Waals surface area contributed by atoms with Gasteiger partial charge in [0.15, 0.2) is 0 Å². The summed E-state index contributed by atoms with van der Waals surface area (Å²) in [6.07, 6.45) is 0.0769. The molecule has 1 atom stereocenters. The average Bonchev–Trinajstić information content (AvgIpc) is 2.31. The summed E-state index contributed by atoms with van der Waals surface area (Å²) in [6.45, 7) is 9.09. The van der Waals surface area contributed by atoms with Gasteiger partial charge in [-0.15, -0.1) is 0 Å². The molecule has 0 bridgehead atoms. The van der Waals surface area contributed by atoms with Crippen molar-refractivity contribution in [2.45, 2.75) is 27.0 Å². The number of benzene rings is 1. The van der Waals surface area contributed by atoms with Gasteiger partial charge in [0.2, 0.25) is 0 Å². The Morgan fingerprint density at radius 3 is 2.12 bits per heavy atom. The third-order valence-electron chi connectivity index (χ3n) is 2.62. The van der Waals surface area contributed by atoms with Crippen LogP contribution < -0.4 is 0 Å². The van der Waals surface area contributed by atoms with E-state index in [0.29, 0.717) is 0 Å². The third kappa shape index (κ3) is 3.58. The molecular formula is C13H20BrNO. The molecule has 0 N–H and O–H groups in total. The van der Waals surface area contributed by atoms with Crippen molar-refractivity contribution in [3.63, 3.8) is 0 Å². The van der Waals surface area contributed by atoms with Gasteiger partial charge in [-0.3, -0.25) is 4.90 Å². The van der Waals surface area contributed by atoms with E-state index in [9.17, 15) is 0 Å². The molecule has 0 saturated carbocycles. The van der Waals surface area contributed by atoms with E-state index in [1.165, 1.54) is 5.56 Å². The van der Waals surface area contributed by atoms with Crippen LogP contribution in [0.4, 0.5) is 0 Å². The minimum atomic E-state index is 0.0769. The van der Waals surface area contributed by atoms with Crippen LogP contribution in [0.25, 0.3) is 0 Å². The van der Waals surface area contributed by atoms with E-state index >= 15 is 0 Å². The van der Waals surface area contributed by atoms with E-state index in [1.807, 2.05) is 6.92 Å². The molecule has 3 heteroatoms. The van der Waals surface area contributed by atoms with Gasteiger partial charge < -0.3 is 4.74 Å². The van der Waals surface area contributed by atoms with E-state index in [-0.39, 0.29) is 6.23 Å². The van der Waals surface area contributed by atoms with Crippen molar-refractivity contribution in [2.75, 3.05) is 19.7 Å². The molecule has 0 saturated heterocycles. The van der Waals surface area contributed by atoms with Crippen LogP contribution in [-0.2, 0) is 4.74 Å². The van der Waals surface area contributed by atoms with Gasteiger partial charge in [0.05, 0.1) is 0 Å². The molecule has 2 nitrogen and oxygen atoms in total. The second-order valence-electron chi connectivity index (χ2n) is 3.58. The van der Waals surface area contributed by atoms with Crippen molar-refractivity contribution in [1.82, 2.24) is 4.90 Å². The van der Waals surface area contributed by atoms with Gasteiger partial charge in [-0.1, -0.05) is 41.9 Å². The van der Waals surface area contributed by atoms with E-state index < -0.39 is 0 Å². The van der Waals surface area contributed by atoms with Gasteiger partial charge in [0.25, 0.3) is 0 Å². The molecular weight excluding hydrogens is 266 g/mol. The Balaban J connectivity index is 2.87. The zero-order valence-corrected chi connectivity index (χ0v) is 11.8.